The molecule has 0 radical (unpaired) electrons. The second-order valence-electron chi connectivity index (χ2n) is 9.51. The maximum atomic E-state index is 13.8. The SMILES string of the molecule is CC(=NC1CCN(C#N)CC1)/C(=N\N)c1cc(OCC(C)(O)c2ncccc2C)c2c(c1)ncn2C(F)F. The molecule has 38 heavy (non-hydrogen) atoms. The maximum Gasteiger partial charge on any atom is 0.320 e. The van der Waals surface area contributed by atoms with Crippen LogP contribution in [-0.4, -0.2) is 61.7 Å². The Balaban J connectivity index is 1.69. The highest BCUT2D eigenvalue weighted by molar-refractivity contribution is 6.47. The van der Waals surface area contributed by atoms with Crippen molar-refractivity contribution >= 4 is 22.5 Å². The highest BCUT2D eigenvalue weighted by Gasteiger charge is 2.29. The Morgan fingerprint density at radius 3 is 2.71 bits per heavy atom. The molecule has 12 heteroatoms. The molecule has 1 aromatic carbocycles. The first-order valence-corrected chi connectivity index (χ1v) is 12.2. The fraction of sp³-hybridized carbons (Fsp3) is 0.423. The van der Waals surface area contributed by atoms with Crippen molar-refractivity contribution in [1.82, 2.24) is 19.4 Å². The number of rotatable bonds is 8. The molecule has 0 spiro atoms. The van der Waals surface area contributed by atoms with Crippen LogP contribution in [0, 0.1) is 18.4 Å². The van der Waals surface area contributed by atoms with Crippen LogP contribution < -0.4 is 10.6 Å². The summed E-state index contributed by atoms with van der Waals surface area (Å²) in [4.78, 5) is 14.9. The molecule has 1 aliphatic heterocycles. The lowest BCUT2D eigenvalue weighted by Gasteiger charge is -2.26. The predicted molar refractivity (Wildman–Crippen MR) is 139 cm³/mol. The number of ether oxygens (including phenoxy) is 1. The van der Waals surface area contributed by atoms with Crippen molar-refractivity contribution in [3.05, 3.63) is 53.6 Å². The van der Waals surface area contributed by atoms with E-state index in [1.54, 1.807) is 43.1 Å². The summed E-state index contributed by atoms with van der Waals surface area (Å²) in [5.74, 6) is 5.84. The molecule has 1 unspecified atom stereocenters. The lowest BCUT2D eigenvalue weighted by molar-refractivity contribution is 0.00347. The number of piperidine rings is 1. The fourth-order valence-electron chi connectivity index (χ4n) is 4.67. The van der Waals surface area contributed by atoms with Crippen LogP contribution in [0.15, 0.2) is 46.9 Å². The minimum atomic E-state index is -2.85. The van der Waals surface area contributed by atoms with Gasteiger partial charge in [-0.15, -0.1) is 0 Å². The van der Waals surface area contributed by atoms with Gasteiger partial charge in [-0.3, -0.25) is 14.5 Å². The van der Waals surface area contributed by atoms with E-state index in [2.05, 4.69) is 21.3 Å². The number of hydrogen-bond acceptors (Lipinski definition) is 9. The lowest BCUT2D eigenvalue weighted by Crippen LogP contribution is -2.32. The number of aryl methyl sites for hydroxylation is 1. The highest BCUT2D eigenvalue weighted by Crippen LogP contribution is 2.33. The summed E-state index contributed by atoms with van der Waals surface area (Å²) in [7, 11) is 0. The van der Waals surface area contributed by atoms with E-state index in [-0.39, 0.29) is 29.4 Å². The van der Waals surface area contributed by atoms with Crippen LogP contribution in [0.5, 0.6) is 5.75 Å². The number of nitrogens with two attached hydrogens (primary N) is 1. The van der Waals surface area contributed by atoms with Crippen molar-refractivity contribution in [1.29, 1.82) is 5.26 Å². The van der Waals surface area contributed by atoms with E-state index >= 15 is 0 Å². The van der Waals surface area contributed by atoms with Gasteiger partial charge >= 0.3 is 6.55 Å². The molecule has 4 rings (SSSR count). The number of nitrogens with zero attached hydrogens (tertiary/aromatic N) is 7. The summed E-state index contributed by atoms with van der Waals surface area (Å²) in [6.45, 7) is 3.29. The van der Waals surface area contributed by atoms with E-state index < -0.39 is 12.2 Å². The van der Waals surface area contributed by atoms with E-state index in [0.29, 0.717) is 40.3 Å². The second-order valence-corrected chi connectivity index (χ2v) is 9.51. The number of hydrazone groups is 1. The minimum Gasteiger partial charge on any atom is -0.488 e. The smallest absolute Gasteiger partial charge is 0.320 e. The highest BCUT2D eigenvalue weighted by atomic mass is 19.3. The van der Waals surface area contributed by atoms with E-state index in [9.17, 15) is 13.9 Å². The zero-order chi connectivity index (χ0) is 27.4. The van der Waals surface area contributed by atoms with Crippen molar-refractivity contribution < 1.29 is 18.6 Å². The number of hydrogen-bond donors (Lipinski definition) is 2. The number of imidazole rings is 1. The standard InChI is InChI=1S/C26H30F2N8O2/c1-16-5-4-8-31-24(16)26(3,37)13-38-21-12-18(11-20-23(21)36(15-32-20)25(27)28)22(34-30)17(2)33-19-6-9-35(14-29)10-7-19/h4-5,8,11-12,15,19,25,37H,6-7,9-10,13,30H2,1-3H3/b33-17?,34-22+. The third-order valence-electron chi connectivity index (χ3n) is 6.60. The van der Waals surface area contributed by atoms with Crippen LogP contribution >= 0.6 is 0 Å². The Morgan fingerprint density at radius 2 is 2.08 bits per heavy atom. The average molecular weight is 525 g/mol. The van der Waals surface area contributed by atoms with Gasteiger partial charge in [-0.2, -0.15) is 19.1 Å². The van der Waals surface area contributed by atoms with E-state index in [1.165, 1.54) is 0 Å². The summed E-state index contributed by atoms with van der Waals surface area (Å²) in [6.07, 6.45) is 6.19. The normalized spacial score (nSPS) is 17.1. The van der Waals surface area contributed by atoms with Crippen LogP contribution in [0.4, 0.5) is 8.78 Å². The third-order valence-corrected chi connectivity index (χ3v) is 6.60. The van der Waals surface area contributed by atoms with Crippen molar-refractivity contribution in [2.75, 3.05) is 19.7 Å². The zero-order valence-corrected chi connectivity index (χ0v) is 21.5. The molecule has 1 atom stereocenters. The van der Waals surface area contributed by atoms with Crippen LogP contribution in [0.2, 0.25) is 0 Å². The van der Waals surface area contributed by atoms with Gasteiger partial charge in [0.25, 0.3) is 0 Å². The first kappa shape index (κ1) is 26.9. The maximum absolute atomic E-state index is 13.8. The first-order valence-electron chi connectivity index (χ1n) is 12.2. The topological polar surface area (TPSA) is 138 Å². The number of likely N-dealkylation sites (tertiary alicyclic amines) is 1. The molecular weight excluding hydrogens is 494 g/mol. The van der Waals surface area contributed by atoms with Crippen molar-refractivity contribution in [2.45, 2.75) is 51.8 Å². The number of benzene rings is 1. The van der Waals surface area contributed by atoms with Gasteiger partial charge in [0.2, 0.25) is 0 Å². The van der Waals surface area contributed by atoms with E-state index in [0.717, 1.165) is 24.7 Å². The van der Waals surface area contributed by atoms with Gasteiger partial charge in [0.1, 0.15) is 35.5 Å². The quantitative estimate of drug-likeness (QED) is 0.199. The number of aliphatic imine (C=N–C) groups is 1. The summed E-state index contributed by atoms with van der Waals surface area (Å²) in [6, 6.07) is 6.73. The summed E-state index contributed by atoms with van der Waals surface area (Å²) in [5.41, 5.74) is 1.43. The Hall–Kier alpha value is -4.11. The van der Waals surface area contributed by atoms with Crippen LogP contribution in [0.3, 0.4) is 0 Å². The molecule has 3 aromatic rings. The zero-order valence-electron chi connectivity index (χ0n) is 21.5. The van der Waals surface area contributed by atoms with Crippen LogP contribution in [0.25, 0.3) is 11.0 Å². The molecule has 3 N–H and O–H groups in total. The monoisotopic (exact) mass is 524 g/mol. The van der Waals surface area contributed by atoms with Gasteiger partial charge in [-0.1, -0.05) is 6.07 Å². The van der Waals surface area contributed by atoms with Gasteiger partial charge in [0, 0.05) is 24.8 Å². The molecule has 3 heterocycles. The molecular formula is C26H30F2N8O2. The van der Waals surface area contributed by atoms with Crippen LogP contribution in [0.1, 0.15) is 50.1 Å². The second kappa shape index (κ2) is 11.1. The van der Waals surface area contributed by atoms with Gasteiger partial charge in [0.15, 0.2) is 6.19 Å². The molecule has 2 aromatic heterocycles. The van der Waals surface area contributed by atoms with Gasteiger partial charge in [-0.25, -0.2) is 4.98 Å². The first-order chi connectivity index (χ1) is 18.1. The number of nitriles is 1. The molecule has 200 valence electrons. The largest absolute Gasteiger partial charge is 0.488 e. The summed E-state index contributed by atoms with van der Waals surface area (Å²) in [5, 5.41) is 24.1. The van der Waals surface area contributed by atoms with Crippen molar-refractivity contribution in [3.63, 3.8) is 0 Å². The molecule has 1 aliphatic rings. The molecule has 0 bridgehead atoms. The molecule has 1 saturated heterocycles. The van der Waals surface area contributed by atoms with Crippen LogP contribution in [-0.2, 0) is 5.60 Å². The summed E-state index contributed by atoms with van der Waals surface area (Å²) >= 11 is 0. The molecule has 0 saturated carbocycles. The van der Waals surface area contributed by atoms with Gasteiger partial charge < -0.3 is 20.6 Å². The van der Waals surface area contributed by atoms with E-state index in [4.69, 9.17) is 20.8 Å². The number of fused-ring (bicyclic) bond motifs is 1. The Morgan fingerprint density at radius 1 is 1.34 bits per heavy atom. The van der Waals surface area contributed by atoms with Gasteiger partial charge in [0.05, 0.1) is 23.0 Å². The number of alkyl halides is 2. The van der Waals surface area contributed by atoms with Crippen molar-refractivity contribution in [2.24, 2.45) is 15.9 Å². The third kappa shape index (κ3) is 5.57. The Kier molecular flexibility index (Phi) is 7.87. The number of pyridine rings is 1. The molecule has 0 aliphatic carbocycles. The number of aromatic nitrogens is 3. The van der Waals surface area contributed by atoms with E-state index in [1.807, 2.05) is 13.0 Å². The Labute approximate surface area is 219 Å². The molecule has 10 nitrogen and oxygen atoms in total. The van der Waals surface area contributed by atoms with Crippen molar-refractivity contribution in [3.8, 4) is 11.9 Å². The fourth-order valence-corrected chi connectivity index (χ4v) is 4.67. The predicted octanol–water partition coefficient (Wildman–Crippen LogP) is 3.49. The Bertz CT molecular complexity index is 1400. The minimum absolute atomic E-state index is 0.00514. The number of aliphatic hydroxyl groups is 1. The lowest BCUT2D eigenvalue weighted by atomic mass is 9.98. The molecule has 1 fully saturated rings. The summed E-state index contributed by atoms with van der Waals surface area (Å²) < 4.78 is 34.3. The molecule has 0 amide bonds. The average Bonchev–Trinajstić information content (AvgIpc) is 3.33. The van der Waals surface area contributed by atoms with Gasteiger partial charge in [-0.05, 0) is 57.4 Å². The number of halogens is 2.